The average Bonchev–Trinajstić information content (AvgIpc) is 3.32. The third-order valence-electron chi connectivity index (χ3n) is 4.14. The summed E-state index contributed by atoms with van der Waals surface area (Å²) in [6, 6.07) is 9.09. The normalized spacial score (nSPS) is 23.0. The summed E-state index contributed by atoms with van der Waals surface area (Å²) in [7, 11) is -2.97. The van der Waals surface area contributed by atoms with E-state index in [2.05, 4.69) is 5.32 Å². The van der Waals surface area contributed by atoms with Gasteiger partial charge in [0, 0.05) is 16.9 Å². The SMILES string of the molecule is O=C(CS[C@@H]1CCS(=O)(=O)C1)O[C@H](C(=O)NC1CC1)c1ccccc1. The average molecular weight is 383 g/mol. The Labute approximate surface area is 151 Å². The molecule has 8 heteroatoms. The van der Waals surface area contributed by atoms with Crippen LogP contribution in [0.15, 0.2) is 30.3 Å². The maximum atomic E-state index is 12.4. The summed E-state index contributed by atoms with van der Waals surface area (Å²) in [6.07, 6.45) is 1.49. The van der Waals surface area contributed by atoms with E-state index in [1.165, 1.54) is 11.8 Å². The number of esters is 1. The lowest BCUT2D eigenvalue weighted by atomic mass is 10.1. The molecule has 0 spiro atoms. The molecule has 1 aliphatic heterocycles. The standard InChI is InChI=1S/C17H21NO5S2/c19-15(10-24-14-8-9-25(21,22)11-14)23-16(12-4-2-1-3-5-12)17(20)18-13-6-7-13/h1-5,13-14,16H,6-11H2,(H,18,20)/t14-,16+/m1/s1. The van der Waals surface area contributed by atoms with Gasteiger partial charge in [-0.3, -0.25) is 9.59 Å². The highest BCUT2D eigenvalue weighted by Gasteiger charge is 2.32. The first-order valence-corrected chi connectivity index (χ1v) is 11.2. The van der Waals surface area contributed by atoms with Crippen molar-refractivity contribution in [3.8, 4) is 0 Å². The zero-order valence-corrected chi connectivity index (χ0v) is 15.4. The van der Waals surface area contributed by atoms with Gasteiger partial charge in [-0.25, -0.2) is 8.42 Å². The van der Waals surface area contributed by atoms with Crippen molar-refractivity contribution in [2.45, 2.75) is 36.7 Å². The maximum absolute atomic E-state index is 12.4. The largest absolute Gasteiger partial charge is 0.447 e. The predicted molar refractivity (Wildman–Crippen MR) is 96.0 cm³/mol. The number of nitrogens with one attached hydrogen (secondary N) is 1. The minimum Gasteiger partial charge on any atom is -0.447 e. The number of hydrogen-bond donors (Lipinski definition) is 1. The number of amides is 1. The molecule has 25 heavy (non-hydrogen) atoms. The molecule has 6 nitrogen and oxygen atoms in total. The number of sulfone groups is 1. The van der Waals surface area contributed by atoms with E-state index in [0.29, 0.717) is 12.0 Å². The fourth-order valence-electron chi connectivity index (χ4n) is 2.65. The smallest absolute Gasteiger partial charge is 0.317 e. The Balaban J connectivity index is 1.57. The third kappa shape index (κ3) is 5.47. The Hall–Kier alpha value is -1.54. The number of thioether (sulfide) groups is 1. The topological polar surface area (TPSA) is 89.5 Å². The molecule has 1 aliphatic carbocycles. The molecule has 2 atom stereocenters. The first-order valence-electron chi connectivity index (χ1n) is 8.30. The Morgan fingerprint density at radius 1 is 1.20 bits per heavy atom. The number of benzene rings is 1. The van der Waals surface area contributed by atoms with Crippen LogP contribution in [0, 0.1) is 0 Å². The molecule has 1 saturated carbocycles. The molecule has 0 unspecified atom stereocenters. The lowest BCUT2D eigenvalue weighted by Crippen LogP contribution is -2.34. The zero-order chi connectivity index (χ0) is 17.9. The van der Waals surface area contributed by atoms with Crippen molar-refractivity contribution in [3.05, 3.63) is 35.9 Å². The molecule has 1 N–H and O–H groups in total. The lowest BCUT2D eigenvalue weighted by molar-refractivity contribution is -0.154. The molecule has 1 heterocycles. The molecule has 0 radical (unpaired) electrons. The first-order chi connectivity index (χ1) is 11.9. The van der Waals surface area contributed by atoms with Crippen molar-refractivity contribution in [1.82, 2.24) is 5.32 Å². The second-order valence-corrected chi connectivity index (χ2v) is 9.92. The summed E-state index contributed by atoms with van der Waals surface area (Å²) in [6.45, 7) is 0. The van der Waals surface area contributed by atoms with Crippen LogP contribution in [0.2, 0.25) is 0 Å². The van der Waals surface area contributed by atoms with Crippen LogP contribution in [-0.4, -0.2) is 48.8 Å². The Kier molecular flexibility index (Phi) is 5.68. The molecule has 136 valence electrons. The summed E-state index contributed by atoms with van der Waals surface area (Å²) in [5.74, 6) is -0.490. The summed E-state index contributed by atoms with van der Waals surface area (Å²) < 4.78 is 28.3. The van der Waals surface area contributed by atoms with Gasteiger partial charge >= 0.3 is 5.97 Å². The number of ether oxygens (including phenoxy) is 1. The molecule has 0 bridgehead atoms. The first kappa shape index (κ1) is 18.3. The summed E-state index contributed by atoms with van der Waals surface area (Å²) in [4.78, 5) is 24.6. The monoisotopic (exact) mass is 383 g/mol. The van der Waals surface area contributed by atoms with E-state index in [9.17, 15) is 18.0 Å². The zero-order valence-electron chi connectivity index (χ0n) is 13.7. The summed E-state index contributed by atoms with van der Waals surface area (Å²) in [5, 5.41) is 2.79. The van der Waals surface area contributed by atoms with E-state index >= 15 is 0 Å². The molecule has 1 amide bonds. The Bertz CT molecular complexity index is 731. The number of carbonyl (C=O) groups excluding carboxylic acids is 2. The predicted octanol–water partition coefficient (Wildman–Crippen LogP) is 1.47. The van der Waals surface area contributed by atoms with E-state index in [0.717, 1.165) is 12.8 Å². The number of rotatable bonds is 7. The second kappa shape index (κ2) is 7.78. The van der Waals surface area contributed by atoms with Crippen LogP contribution in [0.5, 0.6) is 0 Å². The Morgan fingerprint density at radius 2 is 1.92 bits per heavy atom. The van der Waals surface area contributed by atoms with E-state index in [1.54, 1.807) is 24.3 Å². The molecule has 2 fully saturated rings. The molecule has 0 aromatic heterocycles. The fourth-order valence-corrected chi connectivity index (χ4v) is 6.07. The molecular weight excluding hydrogens is 362 g/mol. The highest BCUT2D eigenvalue weighted by molar-refractivity contribution is 8.02. The van der Waals surface area contributed by atoms with Gasteiger partial charge in [-0.05, 0) is 19.3 Å². The van der Waals surface area contributed by atoms with Gasteiger partial charge in [0.05, 0.1) is 17.3 Å². The van der Waals surface area contributed by atoms with E-state index in [-0.39, 0.29) is 34.5 Å². The minimum absolute atomic E-state index is 0.0419. The van der Waals surface area contributed by atoms with Crippen LogP contribution >= 0.6 is 11.8 Å². The minimum atomic E-state index is -2.97. The van der Waals surface area contributed by atoms with Crippen molar-refractivity contribution >= 4 is 33.5 Å². The molecule has 2 aliphatic rings. The fraction of sp³-hybridized carbons (Fsp3) is 0.529. The van der Waals surface area contributed by atoms with Crippen LogP contribution in [0.25, 0.3) is 0 Å². The highest BCUT2D eigenvalue weighted by Crippen LogP contribution is 2.26. The quantitative estimate of drug-likeness (QED) is 0.717. The van der Waals surface area contributed by atoms with Gasteiger partial charge in [-0.15, -0.1) is 11.8 Å². The van der Waals surface area contributed by atoms with Gasteiger partial charge in [0.2, 0.25) is 6.10 Å². The van der Waals surface area contributed by atoms with Crippen LogP contribution in [0.1, 0.15) is 30.9 Å². The second-order valence-electron chi connectivity index (χ2n) is 6.40. The Morgan fingerprint density at radius 3 is 2.52 bits per heavy atom. The van der Waals surface area contributed by atoms with Gasteiger partial charge in [0.1, 0.15) is 0 Å². The third-order valence-corrected chi connectivity index (χ3v) is 7.40. The van der Waals surface area contributed by atoms with Gasteiger partial charge in [-0.1, -0.05) is 30.3 Å². The molecule has 1 aromatic rings. The lowest BCUT2D eigenvalue weighted by Gasteiger charge is -2.18. The van der Waals surface area contributed by atoms with E-state index < -0.39 is 21.9 Å². The van der Waals surface area contributed by atoms with Gasteiger partial charge < -0.3 is 10.1 Å². The molecule has 1 saturated heterocycles. The van der Waals surface area contributed by atoms with Crippen LogP contribution in [0.3, 0.4) is 0 Å². The summed E-state index contributed by atoms with van der Waals surface area (Å²) in [5.41, 5.74) is 0.627. The van der Waals surface area contributed by atoms with Crippen molar-refractivity contribution in [3.63, 3.8) is 0 Å². The van der Waals surface area contributed by atoms with Crippen LogP contribution in [-0.2, 0) is 24.2 Å². The number of hydrogen-bond acceptors (Lipinski definition) is 6. The van der Waals surface area contributed by atoms with Crippen molar-refractivity contribution < 1.29 is 22.7 Å². The van der Waals surface area contributed by atoms with E-state index in [4.69, 9.17) is 4.74 Å². The van der Waals surface area contributed by atoms with Crippen LogP contribution < -0.4 is 5.32 Å². The van der Waals surface area contributed by atoms with Crippen LogP contribution in [0.4, 0.5) is 0 Å². The van der Waals surface area contributed by atoms with Gasteiger partial charge in [0.15, 0.2) is 9.84 Å². The van der Waals surface area contributed by atoms with Crippen molar-refractivity contribution in [2.75, 3.05) is 17.3 Å². The van der Waals surface area contributed by atoms with Gasteiger partial charge in [-0.2, -0.15) is 0 Å². The summed E-state index contributed by atoms with van der Waals surface area (Å²) >= 11 is 1.28. The molecule has 1 aromatic carbocycles. The molecular formula is C17H21NO5S2. The highest BCUT2D eigenvalue weighted by atomic mass is 32.2. The van der Waals surface area contributed by atoms with Crippen molar-refractivity contribution in [2.24, 2.45) is 0 Å². The van der Waals surface area contributed by atoms with Gasteiger partial charge in [0.25, 0.3) is 5.91 Å². The maximum Gasteiger partial charge on any atom is 0.317 e. The number of carbonyl (C=O) groups is 2. The van der Waals surface area contributed by atoms with Crippen molar-refractivity contribution in [1.29, 1.82) is 0 Å². The van der Waals surface area contributed by atoms with E-state index in [1.807, 2.05) is 6.07 Å². The molecule has 3 rings (SSSR count).